The molecule has 8 aromatic carbocycles. The van der Waals surface area contributed by atoms with Crippen LogP contribution in [0, 0.1) is 0 Å². The van der Waals surface area contributed by atoms with Crippen LogP contribution >= 0.6 is 11.3 Å². The van der Waals surface area contributed by atoms with Gasteiger partial charge in [-0.3, -0.25) is 0 Å². The maximum Gasteiger partial charge on any atom is 0.0540 e. The van der Waals surface area contributed by atoms with E-state index in [1.807, 2.05) is 11.3 Å². The Morgan fingerprint density at radius 3 is 2.00 bits per heavy atom. The number of benzene rings is 8. The minimum absolute atomic E-state index is 0.0478. The first-order chi connectivity index (χ1) is 24.1. The van der Waals surface area contributed by atoms with Gasteiger partial charge in [0.2, 0.25) is 0 Å². The molecule has 0 spiro atoms. The lowest BCUT2D eigenvalue weighted by molar-refractivity contribution is 0.660. The third kappa shape index (κ3) is 4.24. The highest BCUT2D eigenvalue weighted by molar-refractivity contribution is 7.26. The molecule has 1 aromatic heterocycles. The summed E-state index contributed by atoms with van der Waals surface area (Å²) in [6.07, 6.45) is 0. The second kappa shape index (κ2) is 10.7. The van der Waals surface area contributed by atoms with Crippen LogP contribution in [0.5, 0.6) is 0 Å². The van der Waals surface area contributed by atoms with Gasteiger partial charge in [0.15, 0.2) is 0 Å². The van der Waals surface area contributed by atoms with Crippen LogP contribution in [0.1, 0.15) is 25.0 Å². The number of hydrogen-bond acceptors (Lipinski definition) is 2. The number of para-hydroxylation sites is 1. The summed E-state index contributed by atoms with van der Waals surface area (Å²) in [6, 6.07) is 60.7. The Bertz CT molecular complexity index is 2750. The van der Waals surface area contributed by atoms with Gasteiger partial charge < -0.3 is 4.90 Å². The van der Waals surface area contributed by atoms with Crippen molar-refractivity contribution in [3.8, 4) is 22.3 Å². The van der Waals surface area contributed by atoms with Crippen LogP contribution in [0.2, 0.25) is 0 Å². The van der Waals surface area contributed by atoms with Gasteiger partial charge in [-0.05, 0) is 91.8 Å². The van der Waals surface area contributed by atoms with Gasteiger partial charge in [-0.2, -0.15) is 0 Å². The summed E-state index contributed by atoms with van der Waals surface area (Å²) in [4.78, 5) is 2.47. The number of rotatable bonds is 4. The predicted molar refractivity (Wildman–Crippen MR) is 212 cm³/mol. The Labute approximate surface area is 290 Å². The van der Waals surface area contributed by atoms with Gasteiger partial charge in [-0.25, -0.2) is 0 Å². The Balaban J connectivity index is 1.27. The van der Waals surface area contributed by atoms with Crippen molar-refractivity contribution in [1.82, 2.24) is 0 Å². The topological polar surface area (TPSA) is 3.24 Å². The molecule has 1 aliphatic rings. The fraction of sp³-hybridized carbons (Fsp3) is 0.0638. The fourth-order valence-corrected chi connectivity index (χ4v) is 9.41. The first-order valence-electron chi connectivity index (χ1n) is 17.0. The molecule has 0 amide bonds. The van der Waals surface area contributed by atoms with Gasteiger partial charge >= 0.3 is 0 Å². The molecule has 9 aromatic rings. The molecule has 1 aliphatic carbocycles. The van der Waals surface area contributed by atoms with Crippen LogP contribution in [0.4, 0.5) is 17.1 Å². The van der Waals surface area contributed by atoms with E-state index in [9.17, 15) is 0 Å². The van der Waals surface area contributed by atoms with Crippen molar-refractivity contribution in [2.75, 3.05) is 4.90 Å². The van der Waals surface area contributed by atoms with Crippen molar-refractivity contribution in [2.45, 2.75) is 19.3 Å². The van der Waals surface area contributed by atoms with E-state index in [-0.39, 0.29) is 5.41 Å². The molecule has 1 heterocycles. The van der Waals surface area contributed by atoms with Crippen LogP contribution in [0.25, 0.3) is 64.0 Å². The van der Waals surface area contributed by atoms with E-state index in [2.05, 4.69) is 183 Å². The monoisotopic (exact) mass is 643 g/mol. The van der Waals surface area contributed by atoms with Crippen LogP contribution in [-0.2, 0) is 5.41 Å². The smallest absolute Gasteiger partial charge is 0.0540 e. The molecule has 0 radical (unpaired) electrons. The molecule has 0 N–H and O–H groups in total. The van der Waals surface area contributed by atoms with E-state index in [0.29, 0.717) is 0 Å². The van der Waals surface area contributed by atoms with Crippen LogP contribution < -0.4 is 4.90 Å². The third-order valence-corrected chi connectivity index (χ3v) is 11.8. The third-order valence-electron chi connectivity index (χ3n) is 10.6. The van der Waals surface area contributed by atoms with E-state index in [1.165, 1.54) is 75.1 Å². The second-order valence-corrected chi connectivity index (χ2v) is 14.8. The summed E-state index contributed by atoms with van der Waals surface area (Å²) in [5.74, 6) is 0. The first-order valence-corrected chi connectivity index (χ1v) is 17.8. The maximum absolute atomic E-state index is 2.47. The van der Waals surface area contributed by atoms with Crippen LogP contribution in [0.3, 0.4) is 0 Å². The van der Waals surface area contributed by atoms with E-state index >= 15 is 0 Å². The summed E-state index contributed by atoms with van der Waals surface area (Å²) in [5.41, 5.74) is 11.2. The number of thiophene rings is 1. The number of nitrogens with zero attached hydrogens (tertiary/aromatic N) is 1. The highest BCUT2D eigenvalue weighted by atomic mass is 32.1. The summed E-state index contributed by atoms with van der Waals surface area (Å²) >= 11 is 1.88. The number of hydrogen-bond donors (Lipinski definition) is 0. The quantitative estimate of drug-likeness (QED) is 0.173. The van der Waals surface area contributed by atoms with Crippen molar-refractivity contribution < 1.29 is 0 Å². The van der Waals surface area contributed by atoms with Crippen molar-refractivity contribution in [3.63, 3.8) is 0 Å². The van der Waals surface area contributed by atoms with Gasteiger partial charge in [0.25, 0.3) is 0 Å². The lowest BCUT2D eigenvalue weighted by Gasteiger charge is -2.29. The van der Waals surface area contributed by atoms with E-state index < -0.39 is 0 Å². The molecule has 49 heavy (non-hydrogen) atoms. The zero-order chi connectivity index (χ0) is 32.7. The first kappa shape index (κ1) is 28.3. The summed E-state index contributed by atoms with van der Waals surface area (Å²) in [7, 11) is 0. The van der Waals surface area contributed by atoms with Gasteiger partial charge in [-0.1, -0.05) is 135 Å². The highest BCUT2D eigenvalue weighted by Gasteiger charge is 2.35. The summed E-state index contributed by atoms with van der Waals surface area (Å²) < 4.78 is 2.66. The Hall–Kier alpha value is -5.70. The lowest BCUT2D eigenvalue weighted by atomic mass is 9.82. The molecule has 10 rings (SSSR count). The molecule has 0 fully saturated rings. The average molecular weight is 644 g/mol. The lowest BCUT2D eigenvalue weighted by Crippen LogP contribution is -2.15. The average Bonchev–Trinajstić information content (AvgIpc) is 3.64. The molecule has 0 atom stereocenters. The Kier molecular flexibility index (Phi) is 6.16. The molecular formula is C47H33NS. The van der Waals surface area contributed by atoms with Crippen LogP contribution in [-0.4, -0.2) is 0 Å². The largest absolute Gasteiger partial charge is 0.310 e. The standard InChI is InChI=1S/C47H33NS/c1-47(2)40-17-9-6-15-36(40)39-29-34(25-26-41(39)47)48(42-18-10-7-14-35(42)30-12-4-3-5-13-30)33-24-22-31-20-21-32-23-27-44-46(45(32)38(31)28-33)37-16-8-11-19-43(37)49-44/h3-29H,1-2H3. The molecule has 0 saturated carbocycles. The normalized spacial score (nSPS) is 13.3. The Morgan fingerprint density at radius 2 is 1.10 bits per heavy atom. The molecule has 0 unspecified atom stereocenters. The van der Waals surface area contributed by atoms with Gasteiger partial charge in [0.1, 0.15) is 0 Å². The van der Waals surface area contributed by atoms with E-state index in [4.69, 9.17) is 0 Å². The van der Waals surface area contributed by atoms with Gasteiger partial charge in [0, 0.05) is 42.5 Å². The molecular weight excluding hydrogens is 611 g/mol. The van der Waals surface area contributed by atoms with Crippen molar-refractivity contribution in [2.24, 2.45) is 0 Å². The van der Waals surface area contributed by atoms with Crippen LogP contribution in [0.15, 0.2) is 164 Å². The van der Waals surface area contributed by atoms with Crippen molar-refractivity contribution in [1.29, 1.82) is 0 Å². The number of fused-ring (bicyclic) bond motifs is 10. The summed E-state index contributed by atoms with van der Waals surface area (Å²) in [6.45, 7) is 4.70. The molecule has 2 heteroatoms. The van der Waals surface area contributed by atoms with E-state index in [1.54, 1.807) is 0 Å². The predicted octanol–water partition coefficient (Wildman–Crippen LogP) is 13.8. The van der Waals surface area contributed by atoms with Gasteiger partial charge in [-0.15, -0.1) is 11.3 Å². The van der Waals surface area contributed by atoms with Crippen molar-refractivity contribution in [3.05, 3.63) is 175 Å². The minimum atomic E-state index is -0.0478. The number of anilines is 3. The molecule has 0 aliphatic heterocycles. The molecule has 1 nitrogen and oxygen atoms in total. The Morgan fingerprint density at radius 1 is 0.449 bits per heavy atom. The molecule has 232 valence electrons. The minimum Gasteiger partial charge on any atom is -0.310 e. The van der Waals surface area contributed by atoms with Crippen molar-refractivity contribution >= 4 is 70.1 Å². The van der Waals surface area contributed by atoms with E-state index in [0.717, 1.165) is 17.1 Å². The zero-order valence-electron chi connectivity index (χ0n) is 27.4. The maximum atomic E-state index is 2.47. The zero-order valence-corrected chi connectivity index (χ0v) is 28.3. The summed E-state index contributed by atoms with van der Waals surface area (Å²) in [5, 5.41) is 7.81. The van der Waals surface area contributed by atoms with Gasteiger partial charge in [0.05, 0.1) is 5.69 Å². The SMILES string of the molecule is CC1(C)c2ccccc2-c2cc(N(c3ccc4ccc5ccc6sc7ccccc7c6c5c4c3)c3ccccc3-c3ccccc3)ccc21. The molecule has 0 bridgehead atoms. The molecule has 0 saturated heterocycles. The highest BCUT2D eigenvalue weighted by Crippen LogP contribution is 2.51. The fourth-order valence-electron chi connectivity index (χ4n) is 8.29. The second-order valence-electron chi connectivity index (χ2n) is 13.7.